The van der Waals surface area contributed by atoms with Gasteiger partial charge in [0.15, 0.2) is 20.9 Å². The summed E-state index contributed by atoms with van der Waals surface area (Å²) < 4.78 is 23.4. The number of carboxylic acid groups (broad SMARTS) is 1. The second kappa shape index (κ2) is 4.65. The monoisotopic (exact) mass is 282 g/mol. The van der Waals surface area contributed by atoms with Gasteiger partial charge in [0.25, 0.3) is 5.91 Å². The van der Waals surface area contributed by atoms with Gasteiger partial charge in [-0.2, -0.15) is 0 Å². The summed E-state index contributed by atoms with van der Waals surface area (Å²) in [6.45, 7) is 1.29. The molecule has 1 amide bonds. The van der Waals surface area contributed by atoms with E-state index < -0.39 is 44.2 Å². The summed E-state index contributed by atoms with van der Waals surface area (Å²) in [6.07, 6.45) is 0. The topological polar surface area (TPSA) is 127 Å². The van der Waals surface area contributed by atoms with Crippen LogP contribution < -0.4 is 34.7 Å². The van der Waals surface area contributed by atoms with Crippen LogP contribution >= 0.6 is 0 Å². The van der Waals surface area contributed by atoms with E-state index in [9.17, 15) is 23.1 Å². The molecule has 2 rings (SSSR count). The number of fused-ring (bicyclic) bond motifs is 1. The molecule has 18 heavy (non-hydrogen) atoms. The van der Waals surface area contributed by atoms with Crippen molar-refractivity contribution in [2.45, 2.75) is 12.3 Å². The van der Waals surface area contributed by atoms with Crippen molar-refractivity contribution in [1.82, 2.24) is 4.90 Å². The first-order valence-electron chi connectivity index (χ1n) is 4.49. The van der Waals surface area contributed by atoms with Crippen LogP contribution in [-0.4, -0.2) is 47.2 Å². The van der Waals surface area contributed by atoms with Gasteiger partial charge in [-0.3, -0.25) is 9.69 Å². The number of rotatable bonds is 1. The van der Waals surface area contributed by atoms with Crippen LogP contribution in [0.15, 0.2) is 16.4 Å². The Morgan fingerprint density at radius 3 is 2.56 bits per heavy atom. The van der Waals surface area contributed by atoms with Crippen LogP contribution in [0.3, 0.4) is 0 Å². The molecule has 2 aliphatic heterocycles. The predicted molar refractivity (Wildman–Crippen MR) is 51.3 cm³/mol. The van der Waals surface area contributed by atoms with Crippen LogP contribution in [0.2, 0.25) is 0 Å². The van der Waals surface area contributed by atoms with E-state index >= 15 is 0 Å². The number of hydrogen-bond acceptors (Lipinski definition) is 7. The van der Waals surface area contributed by atoms with Crippen LogP contribution in [0.5, 0.6) is 0 Å². The van der Waals surface area contributed by atoms with Gasteiger partial charge in [0.2, 0.25) is 0 Å². The standard InChI is InChI=1S/C8H8N2O6S.Na/c1-3-2-17(15,16)7-4(9-14)6(11)10(7)5(3)8(12)13;/h7,14H,2H2,1H3,(H,12,13);/q;+1/p-1/b9-4-;/t7-;/m1./s1. The molecule has 0 aromatic heterocycles. The molecule has 0 aromatic rings. The van der Waals surface area contributed by atoms with E-state index in [4.69, 9.17) is 5.21 Å². The average molecular weight is 282 g/mol. The van der Waals surface area contributed by atoms with Gasteiger partial charge in [-0.15, -0.1) is 0 Å². The maximum atomic E-state index is 11.7. The van der Waals surface area contributed by atoms with E-state index in [2.05, 4.69) is 5.16 Å². The SMILES string of the molecule is CC1=C(C(=O)[O-])N2C(=O)/C(=N/O)[C@H]2S(=O)(=O)C1.[Na+]. The number of carboxylic acids is 1. The van der Waals surface area contributed by atoms with Gasteiger partial charge in [-0.25, -0.2) is 8.42 Å². The minimum absolute atomic E-state index is 0. The first-order chi connectivity index (χ1) is 7.81. The third-order valence-corrected chi connectivity index (χ3v) is 4.56. The Bertz CT molecular complexity index is 593. The maximum Gasteiger partial charge on any atom is 1.00 e. The Hall–Kier alpha value is -0.900. The van der Waals surface area contributed by atoms with Gasteiger partial charge in [-0.05, 0) is 12.5 Å². The number of nitrogens with zero attached hydrogens (tertiary/aromatic N) is 2. The molecule has 8 nitrogen and oxygen atoms in total. The molecule has 10 heteroatoms. The quantitative estimate of drug-likeness (QED) is 0.221. The number of oxime groups is 1. The van der Waals surface area contributed by atoms with Gasteiger partial charge in [0.1, 0.15) is 0 Å². The Labute approximate surface area is 124 Å². The minimum Gasteiger partial charge on any atom is -0.543 e. The minimum atomic E-state index is -3.77. The zero-order chi connectivity index (χ0) is 13.0. The van der Waals surface area contributed by atoms with Crippen molar-refractivity contribution >= 4 is 27.4 Å². The van der Waals surface area contributed by atoms with Crippen molar-refractivity contribution in [3.05, 3.63) is 11.3 Å². The summed E-state index contributed by atoms with van der Waals surface area (Å²) in [6, 6.07) is 0. The molecule has 2 aliphatic rings. The number of aliphatic carboxylic acids is 1. The van der Waals surface area contributed by atoms with E-state index in [1.807, 2.05) is 0 Å². The van der Waals surface area contributed by atoms with Crippen molar-refractivity contribution in [3.8, 4) is 0 Å². The molecule has 1 atom stereocenters. The Morgan fingerprint density at radius 1 is 1.56 bits per heavy atom. The fourth-order valence-electron chi connectivity index (χ4n) is 1.96. The zero-order valence-corrected chi connectivity index (χ0v) is 12.4. The maximum absolute atomic E-state index is 11.7. The summed E-state index contributed by atoms with van der Waals surface area (Å²) >= 11 is 0. The number of hydrogen-bond donors (Lipinski definition) is 1. The first kappa shape index (κ1) is 15.2. The van der Waals surface area contributed by atoms with Crippen LogP contribution in [0.1, 0.15) is 6.92 Å². The average Bonchev–Trinajstić information content (AvgIpc) is 2.18. The second-order valence-electron chi connectivity index (χ2n) is 3.74. The van der Waals surface area contributed by atoms with E-state index in [1.54, 1.807) is 0 Å². The van der Waals surface area contributed by atoms with Crippen molar-refractivity contribution in [3.63, 3.8) is 0 Å². The number of carbonyl (C=O) groups is 2. The number of amides is 1. The van der Waals surface area contributed by atoms with Crippen molar-refractivity contribution in [2.75, 3.05) is 5.75 Å². The molecule has 0 radical (unpaired) electrons. The molecule has 2 heterocycles. The number of sulfone groups is 1. The molecule has 0 unspecified atom stereocenters. The molecule has 0 saturated carbocycles. The molecular formula is C8H7N2NaO6S. The number of carbonyl (C=O) groups excluding carboxylic acids is 2. The molecule has 1 N–H and O–H groups in total. The van der Waals surface area contributed by atoms with Crippen LogP contribution in [-0.2, 0) is 19.4 Å². The smallest absolute Gasteiger partial charge is 0.543 e. The first-order valence-corrected chi connectivity index (χ1v) is 6.21. The molecule has 0 spiro atoms. The summed E-state index contributed by atoms with van der Waals surface area (Å²) in [7, 11) is -3.77. The molecule has 0 aromatic carbocycles. The van der Waals surface area contributed by atoms with Gasteiger partial charge >= 0.3 is 29.6 Å². The molecule has 1 fully saturated rings. The molecule has 92 valence electrons. The predicted octanol–water partition coefficient (Wildman–Crippen LogP) is -5.56. The molecular weight excluding hydrogens is 275 g/mol. The van der Waals surface area contributed by atoms with Crippen molar-refractivity contribution in [2.24, 2.45) is 5.16 Å². The van der Waals surface area contributed by atoms with E-state index in [-0.39, 0.29) is 35.1 Å². The Balaban J connectivity index is 0.00000162. The van der Waals surface area contributed by atoms with Crippen LogP contribution in [0, 0.1) is 0 Å². The van der Waals surface area contributed by atoms with E-state index in [0.29, 0.717) is 4.90 Å². The fraction of sp³-hybridized carbons (Fsp3) is 0.375. The zero-order valence-electron chi connectivity index (χ0n) is 9.58. The third-order valence-electron chi connectivity index (χ3n) is 2.61. The summed E-state index contributed by atoms with van der Waals surface area (Å²) in [5.74, 6) is -3.09. The summed E-state index contributed by atoms with van der Waals surface area (Å²) in [4.78, 5) is 22.8. The summed E-state index contributed by atoms with van der Waals surface area (Å²) in [5, 5.41) is 20.4. The van der Waals surface area contributed by atoms with Gasteiger partial charge in [0, 0.05) is 0 Å². The molecule has 1 saturated heterocycles. The largest absolute Gasteiger partial charge is 1.00 e. The molecule has 0 bridgehead atoms. The van der Waals surface area contributed by atoms with Crippen LogP contribution in [0.25, 0.3) is 0 Å². The third kappa shape index (κ3) is 1.87. The van der Waals surface area contributed by atoms with Crippen molar-refractivity contribution < 1.29 is 57.9 Å². The van der Waals surface area contributed by atoms with Crippen LogP contribution in [0.4, 0.5) is 0 Å². The normalized spacial score (nSPS) is 27.4. The van der Waals surface area contributed by atoms with Gasteiger partial charge < -0.3 is 15.1 Å². The Morgan fingerprint density at radius 2 is 2.11 bits per heavy atom. The van der Waals surface area contributed by atoms with Crippen molar-refractivity contribution in [1.29, 1.82) is 0 Å². The Kier molecular flexibility index (Phi) is 3.92. The van der Waals surface area contributed by atoms with E-state index in [0.717, 1.165) is 0 Å². The second-order valence-corrected chi connectivity index (χ2v) is 5.80. The number of β-lactam (4-membered cyclic amide) rings is 1. The fourth-order valence-corrected chi connectivity index (χ4v) is 3.87. The van der Waals surface area contributed by atoms with E-state index in [1.165, 1.54) is 6.92 Å². The molecule has 0 aliphatic carbocycles. The van der Waals surface area contributed by atoms with Gasteiger partial charge in [-0.1, -0.05) is 5.16 Å². The van der Waals surface area contributed by atoms with Gasteiger partial charge in [0.05, 0.1) is 17.4 Å². The summed E-state index contributed by atoms with van der Waals surface area (Å²) in [5.41, 5.74) is -1.02.